The van der Waals surface area contributed by atoms with Crippen LogP contribution in [0.5, 0.6) is 0 Å². The third-order valence-corrected chi connectivity index (χ3v) is 8.49. The first-order valence-electron chi connectivity index (χ1n) is 14.7. The van der Waals surface area contributed by atoms with Gasteiger partial charge in [0, 0.05) is 60.7 Å². The smallest absolute Gasteiger partial charge is 0.226 e. The van der Waals surface area contributed by atoms with Gasteiger partial charge in [0.2, 0.25) is 5.91 Å². The summed E-state index contributed by atoms with van der Waals surface area (Å²) in [5, 5.41) is 7.18. The molecule has 1 aliphatic heterocycles. The number of pyridine rings is 1. The molecular weight excluding hydrogens is 540 g/mol. The van der Waals surface area contributed by atoms with Crippen molar-refractivity contribution in [3.8, 4) is 5.69 Å². The zero-order valence-electron chi connectivity index (χ0n) is 25.1. The van der Waals surface area contributed by atoms with E-state index in [0.717, 1.165) is 47.1 Å². The molecule has 2 N–H and O–H groups in total. The molecule has 7 nitrogen and oxygen atoms in total. The number of aryl methyl sites for hydroxylation is 2. The number of amides is 1. The Morgan fingerprint density at radius 2 is 1.71 bits per heavy atom. The molecule has 0 saturated carbocycles. The molecule has 4 aromatic rings. The van der Waals surface area contributed by atoms with Crippen LogP contribution in [0, 0.1) is 20.8 Å². The summed E-state index contributed by atoms with van der Waals surface area (Å²) in [5.41, 5.74) is 8.68. The van der Waals surface area contributed by atoms with Crippen LogP contribution in [-0.4, -0.2) is 45.1 Å². The van der Waals surface area contributed by atoms with Crippen molar-refractivity contribution in [1.29, 1.82) is 0 Å². The van der Waals surface area contributed by atoms with Crippen LogP contribution >= 0.6 is 12.2 Å². The van der Waals surface area contributed by atoms with Gasteiger partial charge in [-0.25, -0.2) is 0 Å². The van der Waals surface area contributed by atoms with Gasteiger partial charge < -0.3 is 25.0 Å². The van der Waals surface area contributed by atoms with Crippen LogP contribution in [0.4, 0.5) is 11.4 Å². The highest BCUT2D eigenvalue weighted by Gasteiger charge is 2.41. The average Bonchev–Trinajstić information content (AvgIpc) is 3.48. The highest BCUT2D eigenvalue weighted by atomic mass is 32.1. The van der Waals surface area contributed by atoms with Crippen LogP contribution in [0.3, 0.4) is 0 Å². The standard InChI is InChI=1S/C34H40N6OS/c1-6-38(7-2)27-15-17-28(18-16-27)40-24(4)22-29(25(40)5)33-32(30-10-8-9-20-35-30)37-34(42)39(33)21-19-31(41)36-26-13-11-23(3)12-14-26/h8-18,20,22,32-33H,6-7,19,21H2,1-5H3,(H,36,41)(H,37,42). The fraction of sp³-hybridized carbons (Fsp3) is 0.324. The maximum absolute atomic E-state index is 13.0. The second-order valence-corrected chi connectivity index (χ2v) is 11.2. The minimum absolute atomic E-state index is 0.0412. The van der Waals surface area contributed by atoms with Crippen molar-refractivity contribution in [3.05, 3.63) is 107 Å². The highest BCUT2D eigenvalue weighted by molar-refractivity contribution is 7.80. The van der Waals surface area contributed by atoms with Gasteiger partial charge in [-0.1, -0.05) is 23.8 Å². The van der Waals surface area contributed by atoms with Crippen LogP contribution in [0.25, 0.3) is 5.69 Å². The largest absolute Gasteiger partial charge is 0.372 e. The van der Waals surface area contributed by atoms with Gasteiger partial charge in [0.1, 0.15) is 0 Å². The van der Waals surface area contributed by atoms with Crippen molar-refractivity contribution in [2.24, 2.45) is 0 Å². The Hall–Kier alpha value is -4.17. The van der Waals surface area contributed by atoms with Gasteiger partial charge in [0.05, 0.1) is 17.8 Å². The minimum Gasteiger partial charge on any atom is -0.372 e. The molecule has 0 radical (unpaired) electrons. The predicted molar refractivity (Wildman–Crippen MR) is 175 cm³/mol. The second kappa shape index (κ2) is 12.8. The van der Waals surface area contributed by atoms with Crippen LogP contribution in [0.1, 0.15) is 60.6 Å². The number of nitrogens with zero attached hydrogens (tertiary/aromatic N) is 4. The minimum atomic E-state index is -0.141. The van der Waals surface area contributed by atoms with Gasteiger partial charge >= 0.3 is 0 Å². The van der Waals surface area contributed by atoms with Gasteiger partial charge in [-0.15, -0.1) is 0 Å². The van der Waals surface area contributed by atoms with Crippen molar-refractivity contribution in [3.63, 3.8) is 0 Å². The van der Waals surface area contributed by atoms with E-state index in [1.807, 2.05) is 55.6 Å². The summed E-state index contributed by atoms with van der Waals surface area (Å²) in [6.07, 6.45) is 2.13. The molecule has 218 valence electrons. The Morgan fingerprint density at radius 1 is 1.00 bits per heavy atom. The van der Waals surface area contributed by atoms with Crippen LogP contribution in [0.15, 0.2) is 79.0 Å². The molecule has 0 aliphatic carbocycles. The van der Waals surface area contributed by atoms with E-state index in [9.17, 15) is 4.79 Å². The number of hydrogen-bond acceptors (Lipinski definition) is 4. The molecule has 3 heterocycles. The average molecular weight is 581 g/mol. The maximum atomic E-state index is 13.0. The highest BCUT2D eigenvalue weighted by Crippen LogP contribution is 2.41. The summed E-state index contributed by atoms with van der Waals surface area (Å²) in [6, 6.07) is 24.6. The Bertz CT molecular complexity index is 1530. The lowest BCUT2D eigenvalue weighted by atomic mass is 9.96. The molecular formula is C34H40N6OS. The molecule has 2 atom stereocenters. The number of hydrogen-bond donors (Lipinski definition) is 2. The second-order valence-electron chi connectivity index (χ2n) is 10.8. The number of anilines is 2. The number of rotatable bonds is 10. The van der Waals surface area contributed by atoms with Crippen molar-refractivity contribution < 1.29 is 4.79 Å². The van der Waals surface area contributed by atoms with Crippen molar-refractivity contribution in [1.82, 2.24) is 19.8 Å². The summed E-state index contributed by atoms with van der Waals surface area (Å²) in [5.74, 6) is -0.0412. The molecule has 0 spiro atoms. The summed E-state index contributed by atoms with van der Waals surface area (Å²) < 4.78 is 2.31. The van der Waals surface area contributed by atoms with E-state index in [0.29, 0.717) is 18.1 Å². The first-order chi connectivity index (χ1) is 20.3. The van der Waals surface area contributed by atoms with E-state index < -0.39 is 0 Å². The summed E-state index contributed by atoms with van der Waals surface area (Å²) in [6.45, 7) is 13.1. The number of carbonyl (C=O) groups excluding carboxylic acids is 1. The maximum Gasteiger partial charge on any atom is 0.226 e. The molecule has 1 amide bonds. The zero-order valence-corrected chi connectivity index (χ0v) is 25.9. The summed E-state index contributed by atoms with van der Waals surface area (Å²) >= 11 is 5.87. The van der Waals surface area contributed by atoms with E-state index in [2.05, 4.69) is 88.0 Å². The molecule has 0 bridgehead atoms. The molecule has 2 aromatic heterocycles. The zero-order chi connectivity index (χ0) is 29.8. The Kier molecular flexibility index (Phi) is 8.92. The van der Waals surface area contributed by atoms with E-state index >= 15 is 0 Å². The van der Waals surface area contributed by atoms with E-state index in [1.165, 1.54) is 11.3 Å². The van der Waals surface area contributed by atoms with E-state index in [-0.39, 0.29) is 18.0 Å². The van der Waals surface area contributed by atoms with Crippen LogP contribution < -0.4 is 15.5 Å². The van der Waals surface area contributed by atoms with Gasteiger partial charge in [-0.05, 0) is 107 Å². The first kappa shape index (κ1) is 29.3. The topological polar surface area (TPSA) is 65.4 Å². The monoisotopic (exact) mass is 580 g/mol. The van der Waals surface area contributed by atoms with E-state index in [1.54, 1.807) is 0 Å². The molecule has 1 aliphatic rings. The molecule has 42 heavy (non-hydrogen) atoms. The lowest BCUT2D eigenvalue weighted by molar-refractivity contribution is -0.116. The third-order valence-electron chi connectivity index (χ3n) is 8.14. The van der Waals surface area contributed by atoms with Gasteiger partial charge in [-0.2, -0.15) is 0 Å². The predicted octanol–water partition coefficient (Wildman–Crippen LogP) is 6.65. The molecule has 8 heteroatoms. The Labute approximate surface area is 254 Å². The van der Waals surface area contributed by atoms with Crippen LogP contribution in [-0.2, 0) is 4.79 Å². The molecule has 5 rings (SSSR count). The van der Waals surface area contributed by atoms with Crippen molar-refractivity contribution in [2.75, 3.05) is 29.9 Å². The summed E-state index contributed by atoms with van der Waals surface area (Å²) in [4.78, 5) is 22.1. The van der Waals surface area contributed by atoms with Crippen LogP contribution in [0.2, 0.25) is 0 Å². The number of aromatic nitrogens is 2. The fourth-order valence-electron chi connectivity index (χ4n) is 5.95. The molecule has 2 unspecified atom stereocenters. The lowest BCUT2D eigenvalue weighted by Crippen LogP contribution is -2.32. The number of nitrogens with one attached hydrogen (secondary N) is 2. The van der Waals surface area contributed by atoms with Gasteiger partial charge in [0.15, 0.2) is 5.11 Å². The Morgan fingerprint density at radius 3 is 2.36 bits per heavy atom. The number of carbonyl (C=O) groups is 1. The lowest BCUT2D eigenvalue weighted by Gasteiger charge is -2.28. The molecule has 1 saturated heterocycles. The first-order valence-corrected chi connectivity index (χ1v) is 15.1. The Balaban J connectivity index is 1.45. The SMILES string of the molecule is CCN(CC)c1ccc(-n2c(C)cc(C3C(c4ccccn4)NC(=S)N3CCC(=O)Nc3ccc(C)cc3)c2C)cc1. The molecule has 2 aromatic carbocycles. The molecule has 1 fully saturated rings. The van der Waals surface area contributed by atoms with Gasteiger partial charge in [0.25, 0.3) is 0 Å². The number of thiocarbonyl (C=S) groups is 1. The van der Waals surface area contributed by atoms with Crippen molar-refractivity contribution >= 4 is 34.6 Å². The van der Waals surface area contributed by atoms with Gasteiger partial charge in [-0.3, -0.25) is 9.78 Å². The summed E-state index contributed by atoms with van der Waals surface area (Å²) in [7, 11) is 0. The van der Waals surface area contributed by atoms with Crippen molar-refractivity contribution in [2.45, 2.75) is 53.1 Å². The van der Waals surface area contributed by atoms with E-state index in [4.69, 9.17) is 12.2 Å². The number of benzene rings is 2. The fourth-order valence-corrected chi connectivity index (χ4v) is 6.28. The normalized spacial score (nSPS) is 16.4. The quantitative estimate of drug-likeness (QED) is 0.205. The third kappa shape index (κ3) is 6.04.